The van der Waals surface area contributed by atoms with E-state index in [1.54, 1.807) is 7.11 Å². The molecular weight excluding hydrogens is 298 g/mol. The summed E-state index contributed by atoms with van der Waals surface area (Å²) in [7, 11) is 3.85. The van der Waals surface area contributed by atoms with E-state index in [0.717, 1.165) is 38.1 Å². The molecule has 3 nitrogen and oxygen atoms in total. The Labute approximate surface area is 146 Å². The summed E-state index contributed by atoms with van der Waals surface area (Å²) in [5.41, 5.74) is 3.12. The van der Waals surface area contributed by atoms with Gasteiger partial charge in [0.05, 0.1) is 12.7 Å². The van der Waals surface area contributed by atoms with E-state index in [1.807, 2.05) is 6.07 Å². The Morgan fingerprint density at radius 2 is 2.12 bits per heavy atom. The van der Waals surface area contributed by atoms with Crippen LogP contribution >= 0.6 is 0 Å². The molecule has 0 spiro atoms. The van der Waals surface area contributed by atoms with Crippen molar-refractivity contribution < 1.29 is 9.84 Å². The molecule has 3 rings (SSSR count). The van der Waals surface area contributed by atoms with Crippen LogP contribution in [-0.4, -0.2) is 36.3 Å². The van der Waals surface area contributed by atoms with Gasteiger partial charge in [-0.25, -0.2) is 0 Å². The summed E-state index contributed by atoms with van der Waals surface area (Å²) < 4.78 is 5.40. The number of benzene rings is 1. The number of hydrogen-bond donors (Lipinski definition) is 1. The Balaban J connectivity index is 2.00. The summed E-state index contributed by atoms with van der Waals surface area (Å²) in [6.45, 7) is 10.3. The second-order valence-corrected chi connectivity index (χ2v) is 8.03. The highest BCUT2D eigenvalue weighted by molar-refractivity contribution is 5.41. The minimum Gasteiger partial charge on any atom is -0.497 e. The normalized spacial score (nSPS) is 33.8. The van der Waals surface area contributed by atoms with Crippen molar-refractivity contribution >= 4 is 0 Å². The topological polar surface area (TPSA) is 32.7 Å². The Bertz CT molecular complexity index is 626. The highest BCUT2D eigenvalue weighted by atomic mass is 16.5. The molecule has 1 aromatic rings. The van der Waals surface area contributed by atoms with Crippen molar-refractivity contribution in [2.75, 3.05) is 20.7 Å². The molecule has 132 valence electrons. The maximum Gasteiger partial charge on any atom is 0.119 e. The molecule has 1 fully saturated rings. The summed E-state index contributed by atoms with van der Waals surface area (Å²) in [6, 6.07) is 6.33. The number of methoxy groups -OCH3 is 1. The highest BCUT2D eigenvalue weighted by Gasteiger charge is 2.48. The lowest BCUT2D eigenvalue weighted by Gasteiger charge is -2.50. The SMILES string of the molecule is C=C(C)C1CCC(C)C(O)(C2CN(C)Cc3cc(OC)ccc32)C1. The van der Waals surface area contributed by atoms with Crippen LogP contribution in [0.5, 0.6) is 5.75 Å². The number of aliphatic hydroxyl groups is 1. The second kappa shape index (κ2) is 6.53. The molecule has 0 aromatic heterocycles. The number of rotatable bonds is 3. The molecule has 1 aliphatic carbocycles. The van der Waals surface area contributed by atoms with Gasteiger partial charge in [-0.05, 0) is 68.3 Å². The number of ether oxygens (including phenoxy) is 1. The fraction of sp³-hybridized carbons (Fsp3) is 0.619. The van der Waals surface area contributed by atoms with Crippen molar-refractivity contribution in [1.29, 1.82) is 0 Å². The lowest BCUT2D eigenvalue weighted by Crippen LogP contribution is -2.52. The summed E-state index contributed by atoms with van der Waals surface area (Å²) in [6.07, 6.45) is 3.05. The average molecular weight is 329 g/mol. The first-order valence-electron chi connectivity index (χ1n) is 9.08. The zero-order chi connectivity index (χ0) is 17.5. The average Bonchev–Trinajstić information content (AvgIpc) is 2.55. The molecular formula is C21H31NO2. The molecule has 0 saturated heterocycles. The number of hydrogen-bond acceptors (Lipinski definition) is 3. The molecule has 4 atom stereocenters. The van der Waals surface area contributed by atoms with Crippen LogP contribution < -0.4 is 4.74 Å². The van der Waals surface area contributed by atoms with Gasteiger partial charge in [0, 0.05) is 19.0 Å². The van der Waals surface area contributed by atoms with Gasteiger partial charge in [-0.1, -0.05) is 25.1 Å². The van der Waals surface area contributed by atoms with Crippen molar-refractivity contribution in [3.8, 4) is 5.75 Å². The summed E-state index contributed by atoms with van der Waals surface area (Å²) in [5.74, 6) is 1.78. The van der Waals surface area contributed by atoms with Crippen molar-refractivity contribution in [2.45, 2.75) is 51.2 Å². The largest absolute Gasteiger partial charge is 0.497 e. The van der Waals surface area contributed by atoms with Crippen LogP contribution in [0.3, 0.4) is 0 Å². The minimum absolute atomic E-state index is 0.148. The Hall–Kier alpha value is -1.32. The standard InChI is InChI=1S/C21H31NO2/c1-14(2)16-7-6-15(3)21(23,11-16)20-13-22(4)12-17-10-18(24-5)8-9-19(17)20/h8-10,15-16,20,23H,1,6-7,11-13H2,2-5H3. The van der Waals surface area contributed by atoms with Crippen LogP contribution in [-0.2, 0) is 6.54 Å². The zero-order valence-electron chi connectivity index (χ0n) is 15.5. The van der Waals surface area contributed by atoms with E-state index in [4.69, 9.17) is 4.74 Å². The molecule has 24 heavy (non-hydrogen) atoms. The second-order valence-electron chi connectivity index (χ2n) is 8.03. The van der Waals surface area contributed by atoms with Crippen LogP contribution in [0.25, 0.3) is 0 Å². The number of allylic oxidation sites excluding steroid dienone is 1. The van der Waals surface area contributed by atoms with Gasteiger partial charge in [-0.3, -0.25) is 0 Å². The van der Waals surface area contributed by atoms with Gasteiger partial charge in [0.1, 0.15) is 5.75 Å². The monoisotopic (exact) mass is 329 g/mol. The molecule has 1 saturated carbocycles. The molecule has 0 bridgehead atoms. The van der Waals surface area contributed by atoms with Gasteiger partial charge < -0.3 is 14.7 Å². The maximum atomic E-state index is 11.8. The van der Waals surface area contributed by atoms with Gasteiger partial charge in [0.25, 0.3) is 0 Å². The predicted octanol–water partition coefficient (Wildman–Crippen LogP) is 3.97. The van der Waals surface area contributed by atoms with Crippen LogP contribution in [0.2, 0.25) is 0 Å². The zero-order valence-corrected chi connectivity index (χ0v) is 15.5. The van der Waals surface area contributed by atoms with Gasteiger partial charge in [0.2, 0.25) is 0 Å². The van der Waals surface area contributed by atoms with E-state index in [-0.39, 0.29) is 5.92 Å². The highest BCUT2D eigenvalue weighted by Crippen LogP contribution is 2.49. The molecule has 1 aliphatic heterocycles. The van der Waals surface area contributed by atoms with E-state index >= 15 is 0 Å². The fourth-order valence-electron chi connectivity index (χ4n) is 4.68. The van der Waals surface area contributed by atoms with Crippen molar-refractivity contribution in [3.05, 3.63) is 41.5 Å². The predicted molar refractivity (Wildman–Crippen MR) is 98.3 cm³/mol. The molecule has 1 heterocycles. The Morgan fingerprint density at radius 3 is 2.79 bits per heavy atom. The van der Waals surface area contributed by atoms with E-state index in [9.17, 15) is 5.11 Å². The quantitative estimate of drug-likeness (QED) is 0.852. The van der Waals surface area contributed by atoms with Crippen LogP contribution in [0.1, 0.15) is 50.2 Å². The summed E-state index contributed by atoms with van der Waals surface area (Å²) in [5, 5.41) is 11.8. The van der Waals surface area contributed by atoms with Gasteiger partial charge >= 0.3 is 0 Å². The maximum absolute atomic E-state index is 11.8. The smallest absolute Gasteiger partial charge is 0.119 e. The van der Waals surface area contributed by atoms with Crippen LogP contribution in [0.15, 0.2) is 30.4 Å². The van der Waals surface area contributed by atoms with Crippen molar-refractivity contribution in [2.24, 2.45) is 11.8 Å². The van der Waals surface area contributed by atoms with Gasteiger partial charge in [-0.15, -0.1) is 0 Å². The molecule has 0 amide bonds. The van der Waals surface area contributed by atoms with Crippen LogP contribution in [0.4, 0.5) is 0 Å². The third-order valence-electron chi connectivity index (χ3n) is 6.34. The number of nitrogens with zero attached hydrogens (tertiary/aromatic N) is 1. The lowest BCUT2D eigenvalue weighted by molar-refractivity contribution is -0.0840. The fourth-order valence-corrected chi connectivity index (χ4v) is 4.68. The minimum atomic E-state index is -0.667. The molecule has 1 N–H and O–H groups in total. The third-order valence-corrected chi connectivity index (χ3v) is 6.34. The first-order valence-corrected chi connectivity index (χ1v) is 9.08. The van der Waals surface area contributed by atoms with E-state index < -0.39 is 5.60 Å². The Kier molecular flexibility index (Phi) is 4.76. The first-order chi connectivity index (χ1) is 11.3. The van der Waals surface area contributed by atoms with E-state index in [0.29, 0.717) is 11.8 Å². The summed E-state index contributed by atoms with van der Waals surface area (Å²) in [4.78, 5) is 2.32. The van der Waals surface area contributed by atoms with Gasteiger partial charge in [0.15, 0.2) is 0 Å². The molecule has 3 heteroatoms. The summed E-state index contributed by atoms with van der Waals surface area (Å²) >= 11 is 0. The number of fused-ring (bicyclic) bond motifs is 1. The van der Waals surface area contributed by atoms with Crippen molar-refractivity contribution in [3.63, 3.8) is 0 Å². The first kappa shape index (κ1) is 17.5. The molecule has 2 aliphatic rings. The van der Waals surface area contributed by atoms with E-state index in [2.05, 4.69) is 44.5 Å². The molecule has 0 radical (unpaired) electrons. The van der Waals surface area contributed by atoms with E-state index in [1.165, 1.54) is 16.7 Å². The van der Waals surface area contributed by atoms with Gasteiger partial charge in [-0.2, -0.15) is 0 Å². The molecule has 4 unspecified atom stereocenters. The Morgan fingerprint density at radius 1 is 1.38 bits per heavy atom. The number of likely N-dealkylation sites (N-methyl/N-ethyl adjacent to an activating group) is 1. The molecule has 1 aromatic carbocycles. The van der Waals surface area contributed by atoms with Crippen molar-refractivity contribution in [1.82, 2.24) is 4.90 Å². The van der Waals surface area contributed by atoms with Crippen LogP contribution in [0, 0.1) is 11.8 Å². The lowest BCUT2D eigenvalue weighted by atomic mass is 9.62. The third kappa shape index (κ3) is 3.00.